The summed E-state index contributed by atoms with van der Waals surface area (Å²) in [6.07, 6.45) is 3.03. The van der Waals surface area contributed by atoms with E-state index >= 15 is 0 Å². The smallest absolute Gasteiger partial charge is 0.341 e. The van der Waals surface area contributed by atoms with E-state index in [9.17, 15) is 9.59 Å². The molecule has 0 aliphatic rings. The third kappa shape index (κ3) is 5.53. The number of carboxylic acids is 1. The highest BCUT2D eigenvalue weighted by Crippen LogP contribution is 2.24. The number of carboxylic acid groups (broad SMARTS) is 1. The molecule has 3 aromatic rings. The third-order valence-corrected chi connectivity index (χ3v) is 5.31. The zero-order valence-corrected chi connectivity index (χ0v) is 16.4. The number of carbonyl (C=O) groups excluding carboxylic acids is 1. The van der Waals surface area contributed by atoms with Crippen molar-refractivity contribution in [3.63, 3.8) is 0 Å². The lowest BCUT2D eigenvalue weighted by Gasteiger charge is -2.10. The molecule has 28 heavy (non-hydrogen) atoms. The van der Waals surface area contributed by atoms with Gasteiger partial charge in [-0.1, -0.05) is 12.1 Å². The van der Waals surface area contributed by atoms with Crippen LogP contribution in [0, 0.1) is 6.92 Å². The van der Waals surface area contributed by atoms with E-state index in [0.29, 0.717) is 17.9 Å². The van der Waals surface area contributed by atoms with Gasteiger partial charge in [0.1, 0.15) is 5.75 Å². The van der Waals surface area contributed by atoms with Crippen molar-refractivity contribution < 1.29 is 19.4 Å². The molecule has 1 aromatic heterocycles. The van der Waals surface area contributed by atoms with Crippen molar-refractivity contribution in [2.45, 2.75) is 32.6 Å². The van der Waals surface area contributed by atoms with Crippen molar-refractivity contribution in [3.8, 4) is 5.75 Å². The van der Waals surface area contributed by atoms with Crippen LogP contribution in [0.3, 0.4) is 0 Å². The van der Waals surface area contributed by atoms with E-state index in [1.165, 1.54) is 4.70 Å². The van der Waals surface area contributed by atoms with Gasteiger partial charge in [-0.25, -0.2) is 9.78 Å². The van der Waals surface area contributed by atoms with Crippen LogP contribution in [0.5, 0.6) is 5.75 Å². The van der Waals surface area contributed by atoms with Gasteiger partial charge in [0.2, 0.25) is 5.91 Å². The van der Waals surface area contributed by atoms with Gasteiger partial charge in [-0.2, -0.15) is 0 Å². The second kappa shape index (κ2) is 9.32. The molecule has 0 unspecified atom stereocenters. The fourth-order valence-electron chi connectivity index (χ4n) is 2.81. The van der Waals surface area contributed by atoms with Gasteiger partial charge in [-0.15, -0.1) is 11.3 Å². The highest BCUT2D eigenvalue weighted by molar-refractivity contribution is 7.18. The first-order chi connectivity index (χ1) is 13.5. The number of hydrogen-bond donors (Lipinski definition) is 2. The normalized spacial score (nSPS) is 10.8. The summed E-state index contributed by atoms with van der Waals surface area (Å²) in [5.74, 6) is -0.596. The molecule has 0 fully saturated rings. The number of ether oxygens (including phenoxy) is 1. The van der Waals surface area contributed by atoms with Gasteiger partial charge in [-0.3, -0.25) is 4.79 Å². The minimum Gasteiger partial charge on any atom is -0.482 e. The Morgan fingerprint density at radius 1 is 1.18 bits per heavy atom. The van der Waals surface area contributed by atoms with E-state index in [-0.39, 0.29) is 12.5 Å². The third-order valence-electron chi connectivity index (χ3n) is 4.22. The first-order valence-electron chi connectivity index (χ1n) is 9.11. The van der Waals surface area contributed by atoms with Crippen molar-refractivity contribution in [2.75, 3.05) is 11.9 Å². The highest BCUT2D eigenvalue weighted by Gasteiger charge is 2.08. The second-order valence-corrected chi connectivity index (χ2v) is 7.60. The molecule has 0 saturated carbocycles. The van der Waals surface area contributed by atoms with Crippen molar-refractivity contribution in [1.29, 1.82) is 0 Å². The van der Waals surface area contributed by atoms with Gasteiger partial charge in [0, 0.05) is 12.1 Å². The molecule has 1 amide bonds. The van der Waals surface area contributed by atoms with Crippen LogP contribution in [-0.2, 0) is 16.0 Å². The maximum atomic E-state index is 12.2. The first kappa shape index (κ1) is 19.8. The van der Waals surface area contributed by atoms with Gasteiger partial charge in [0.15, 0.2) is 6.61 Å². The Kier molecular flexibility index (Phi) is 6.60. The number of aromatic nitrogens is 1. The van der Waals surface area contributed by atoms with Crippen molar-refractivity contribution in [2.24, 2.45) is 0 Å². The molecule has 0 bridgehead atoms. The van der Waals surface area contributed by atoms with Crippen molar-refractivity contribution in [3.05, 3.63) is 53.0 Å². The number of aryl methyl sites for hydroxylation is 2. The average Bonchev–Trinajstić information content (AvgIpc) is 3.08. The van der Waals surface area contributed by atoms with Crippen LogP contribution < -0.4 is 10.1 Å². The second-order valence-electron chi connectivity index (χ2n) is 6.49. The summed E-state index contributed by atoms with van der Waals surface area (Å²) in [5, 5.41) is 12.6. The summed E-state index contributed by atoms with van der Waals surface area (Å²) in [5.41, 5.74) is 2.57. The van der Waals surface area contributed by atoms with Crippen LogP contribution in [0.2, 0.25) is 0 Å². The summed E-state index contributed by atoms with van der Waals surface area (Å²) in [6, 6.07) is 13.2. The van der Waals surface area contributed by atoms with Crippen LogP contribution in [-0.4, -0.2) is 28.6 Å². The van der Waals surface area contributed by atoms with Gasteiger partial charge >= 0.3 is 5.97 Å². The maximum absolute atomic E-state index is 12.2. The number of amides is 1. The number of carbonyl (C=O) groups is 2. The zero-order valence-electron chi connectivity index (χ0n) is 15.6. The van der Waals surface area contributed by atoms with Crippen molar-refractivity contribution >= 4 is 39.1 Å². The number of nitrogens with zero attached hydrogens (tertiary/aromatic N) is 1. The predicted octanol–water partition coefficient (Wildman–Crippen LogP) is 4.42. The molecular formula is C21H22N2O4S. The highest BCUT2D eigenvalue weighted by atomic mass is 32.1. The lowest BCUT2D eigenvalue weighted by molar-refractivity contribution is -0.139. The lowest BCUT2D eigenvalue weighted by atomic mass is 10.1. The van der Waals surface area contributed by atoms with Crippen LogP contribution >= 0.6 is 11.3 Å². The lowest BCUT2D eigenvalue weighted by Crippen LogP contribution is -2.13. The number of anilines is 1. The van der Waals surface area contributed by atoms with E-state index in [1.807, 2.05) is 25.1 Å². The average molecular weight is 398 g/mol. The van der Waals surface area contributed by atoms with E-state index < -0.39 is 5.97 Å². The van der Waals surface area contributed by atoms with Crippen LogP contribution in [0.1, 0.15) is 29.8 Å². The Morgan fingerprint density at radius 3 is 2.75 bits per heavy atom. The Morgan fingerprint density at radius 2 is 2.00 bits per heavy atom. The van der Waals surface area contributed by atoms with Crippen molar-refractivity contribution in [1.82, 2.24) is 4.98 Å². The summed E-state index contributed by atoms with van der Waals surface area (Å²) < 4.78 is 6.33. The maximum Gasteiger partial charge on any atom is 0.341 e. The van der Waals surface area contributed by atoms with Crippen LogP contribution in [0.15, 0.2) is 42.5 Å². The monoisotopic (exact) mass is 398 g/mol. The van der Waals surface area contributed by atoms with Gasteiger partial charge in [0.05, 0.1) is 15.2 Å². The summed E-state index contributed by atoms with van der Waals surface area (Å²) >= 11 is 1.71. The molecule has 3 rings (SSSR count). The summed E-state index contributed by atoms with van der Waals surface area (Å²) in [6.45, 7) is 1.45. The molecule has 0 radical (unpaired) electrons. The number of rotatable bonds is 9. The number of fused-ring (bicyclic) bond motifs is 1. The largest absolute Gasteiger partial charge is 0.482 e. The summed E-state index contributed by atoms with van der Waals surface area (Å²) in [4.78, 5) is 27.3. The molecule has 1 heterocycles. The van der Waals surface area contributed by atoms with E-state index in [4.69, 9.17) is 9.84 Å². The Labute approximate surface area is 167 Å². The fraction of sp³-hybridized carbons (Fsp3) is 0.286. The molecule has 0 atom stereocenters. The molecule has 0 aliphatic heterocycles. The Hall–Kier alpha value is -2.93. The number of unbranched alkanes of at least 4 members (excludes halogenated alkanes) is 1. The van der Waals surface area contributed by atoms with Crippen LogP contribution in [0.25, 0.3) is 10.2 Å². The number of thiazole rings is 1. The SMILES string of the molecule is Cc1cc(OCC(=O)O)ccc1NC(=O)CCCCc1nc2ccccc2s1. The van der Waals surface area contributed by atoms with Gasteiger partial charge < -0.3 is 15.2 Å². The zero-order chi connectivity index (χ0) is 19.9. The molecule has 0 spiro atoms. The molecule has 6 nitrogen and oxygen atoms in total. The molecule has 7 heteroatoms. The topological polar surface area (TPSA) is 88.5 Å². The first-order valence-corrected chi connectivity index (χ1v) is 9.92. The molecule has 0 aliphatic carbocycles. The minimum atomic E-state index is -1.03. The van der Waals surface area contributed by atoms with Gasteiger partial charge in [0.25, 0.3) is 0 Å². The number of nitrogens with one attached hydrogen (secondary N) is 1. The Balaban J connectivity index is 1.43. The van der Waals surface area contributed by atoms with E-state index in [1.54, 1.807) is 29.5 Å². The molecule has 146 valence electrons. The van der Waals surface area contributed by atoms with Gasteiger partial charge in [-0.05, 0) is 62.1 Å². The quantitative estimate of drug-likeness (QED) is 0.521. The standard InChI is InChI=1S/C21H22N2O4S/c1-14-12-15(27-13-21(25)26)10-11-16(14)22-19(24)8-4-5-9-20-23-17-6-2-3-7-18(17)28-20/h2-3,6-7,10-12H,4-5,8-9,13H2,1H3,(H,22,24)(H,25,26). The van der Waals surface area contributed by atoms with E-state index in [2.05, 4.69) is 16.4 Å². The molecule has 2 aromatic carbocycles. The molecule has 0 saturated heterocycles. The number of benzene rings is 2. The fourth-order valence-corrected chi connectivity index (χ4v) is 3.82. The number of hydrogen-bond acceptors (Lipinski definition) is 5. The Bertz CT molecular complexity index is 950. The predicted molar refractivity (Wildman–Crippen MR) is 110 cm³/mol. The van der Waals surface area contributed by atoms with Crippen LogP contribution in [0.4, 0.5) is 5.69 Å². The summed E-state index contributed by atoms with van der Waals surface area (Å²) in [7, 11) is 0. The van der Waals surface area contributed by atoms with E-state index in [0.717, 1.165) is 35.4 Å². The molecular weight excluding hydrogens is 376 g/mol. The number of para-hydroxylation sites is 1. The minimum absolute atomic E-state index is 0.0356. The molecule has 2 N–H and O–H groups in total. The number of aliphatic carboxylic acids is 1.